The molecule has 0 aliphatic carbocycles. The van der Waals surface area contributed by atoms with Gasteiger partial charge >= 0.3 is 0 Å². The van der Waals surface area contributed by atoms with Gasteiger partial charge in [-0.15, -0.1) is 0 Å². The summed E-state index contributed by atoms with van der Waals surface area (Å²) in [5.41, 5.74) is 5.82. The van der Waals surface area contributed by atoms with E-state index in [0.29, 0.717) is 18.9 Å². The van der Waals surface area contributed by atoms with Gasteiger partial charge in [-0.1, -0.05) is 0 Å². The minimum atomic E-state index is -0.519. The molecule has 1 aliphatic rings. The van der Waals surface area contributed by atoms with Crippen molar-refractivity contribution >= 4 is 17.3 Å². The first kappa shape index (κ1) is 13.3. The molecular formula is C12H15N3O4. The minimum absolute atomic E-state index is 0.145. The molecule has 1 fully saturated rings. The summed E-state index contributed by atoms with van der Waals surface area (Å²) in [5.74, 6) is 0.216. The Kier molecular flexibility index (Phi) is 3.66. The van der Waals surface area contributed by atoms with Crippen molar-refractivity contribution < 1.29 is 14.5 Å². The van der Waals surface area contributed by atoms with Crippen LogP contribution in [-0.4, -0.2) is 30.0 Å². The van der Waals surface area contributed by atoms with Gasteiger partial charge in [0.1, 0.15) is 11.4 Å². The number of carbonyl (C=O) groups is 1. The fourth-order valence-corrected chi connectivity index (χ4v) is 2.10. The van der Waals surface area contributed by atoms with Crippen LogP contribution >= 0.6 is 0 Å². The highest BCUT2D eigenvalue weighted by Gasteiger charge is 2.32. The average molecular weight is 265 g/mol. The topological polar surface area (TPSA) is 98.7 Å². The van der Waals surface area contributed by atoms with Crippen LogP contribution in [0.4, 0.5) is 11.4 Å². The van der Waals surface area contributed by atoms with Gasteiger partial charge in [-0.2, -0.15) is 0 Å². The van der Waals surface area contributed by atoms with Crippen molar-refractivity contribution in [2.75, 3.05) is 18.1 Å². The quantitative estimate of drug-likeness (QED) is 0.648. The monoisotopic (exact) mass is 265 g/mol. The fraction of sp³-hybridized carbons (Fsp3) is 0.417. The second-order valence-corrected chi connectivity index (χ2v) is 4.31. The van der Waals surface area contributed by atoms with Gasteiger partial charge in [-0.3, -0.25) is 14.9 Å². The molecule has 1 atom stereocenters. The van der Waals surface area contributed by atoms with Gasteiger partial charge in [0.15, 0.2) is 0 Å². The summed E-state index contributed by atoms with van der Waals surface area (Å²) in [6.07, 6.45) is 0.213. The molecule has 1 unspecified atom stereocenters. The number of carbonyl (C=O) groups excluding carboxylic acids is 1. The summed E-state index contributed by atoms with van der Waals surface area (Å²) >= 11 is 0. The molecule has 1 amide bonds. The van der Waals surface area contributed by atoms with Crippen LogP contribution in [0.5, 0.6) is 5.75 Å². The Balaban J connectivity index is 2.39. The molecule has 7 nitrogen and oxygen atoms in total. The summed E-state index contributed by atoms with van der Waals surface area (Å²) in [6, 6.07) is 4.19. The minimum Gasteiger partial charge on any atom is -0.494 e. The predicted octanol–water partition coefficient (Wildman–Crippen LogP) is 1.06. The molecule has 1 aromatic rings. The Morgan fingerprint density at radius 1 is 1.58 bits per heavy atom. The third-order valence-corrected chi connectivity index (χ3v) is 2.90. The van der Waals surface area contributed by atoms with E-state index in [4.69, 9.17) is 10.5 Å². The number of hydrogen-bond acceptors (Lipinski definition) is 5. The standard InChI is InChI=1S/C12H15N3O4/c1-2-19-9-3-4-10(11(6-9)15(17)18)14-7-8(13)5-12(14)16/h3-4,6,8H,2,5,7,13H2,1H3. The summed E-state index contributed by atoms with van der Waals surface area (Å²) in [7, 11) is 0. The number of amides is 1. The van der Waals surface area contributed by atoms with Crippen LogP contribution in [0.2, 0.25) is 0 Å². The molecule has 0 radical (unpaired) electrons. The molecule has 1 saturated heterocycles. The first-order chi connectivity index (χ1) is 9.02. The lowest BCUT2D eigenvalue weighted by atomic mass is 10.2. The zero-order valence-electron chi connectivity index (χ0n) is 10.5. The fourth-order valence-electron chi connectivity index (χ4n) is 2.10. The third kappa shape index (κ3) is 2.65. The number of hydrogen-bond donors (Lipinski definition) is 1. The molecule has 1 heterocycles. The summed E-state index contributed by atoms with van der Waals surface area (Å²) < 4.78 is 5.23. The lowest BCUT2D eigenvalue weighted by Gasteiger charge is -2.16. The Morgan fingerprint density at radius 3 is 2.84 bits per heavy atom. The van der Waals surface area contributed by atoms with Crippen LogP contribution in [0.15, 0.2) is 18.2 Å². The lowest BCUT2D eigenvalue weighted by Crippen LogP contribution is -2.28. The van der Waals surface area contributed by atoms with Crippen LogP contribution in [0.25, 0.3) is 0 Å². The van der Waals surface area contributed by atoms with Gasteiger partial charge in [-0.25, -0.2) is 0 Å². The molecule has 0 saturated carbocycles. The molecule has 2 N–H and O–H groups in total. The molecule has 7 heteroatoms. The predicted molar refractivity (Wildman–Crippen MR) is 69.2 cm³/mol. The van der Waals surface area contributed by atoms with E-state index >= 15 is 0 Å². The first-order valence-corrected chi connectivity index (χ1v) is 6.00. The number of rotatable bonds is 4. The van der Waals surface area contributed by atoms with Crippen molar-refractivity contribution in [1.82, 2.24) is 0 Å². The summed E-state index contributed by atoms with van der Waals surface area (Å²) in [6.45, 7) is 2.51. The Bertz CT molecular complexity index is 518. The van der Waals surface area contributed by atoms with Gasteiger partial charge in [-0.05, 0) is 19.1 Å². The van der Waals surface area contributed by atoms with E-state index in [9.17, 15) is 14.9 Å². The highest BCUT2D eigenvalue weighted by Crippen LogP contribution is 2.34. The number of ether oxygens (including phenoxy) is 1. The zero-order valence-corrected chi connectivity index (χ0v) is 10.5. The number of anilines is 1. The Hall–Kier alpha value is -2.15. The maximum absolute atomic E-state index is 11.8. The van der Waals surface area contributed by atoms with E-state index in [2.05, 4.69) is 0 Å². The maximum Gasteiger partial charge on any atom is 0.296 e. The van der Waals surface area contributed by atoms with E-state index in [1.807, 2.05) is 0 Å². The second-order valence-electron chi connectivity index (χ2n) is 4.31. The van der Waals surface area contributed by atoms with Crippen LogP contribution in [0.1, 0.15) is 13.3 Å². The summed E-state index contributed by atoms with van der Waals surface area (Å²) in [5, 5.41) is 11.1. The molecule has 0 aromatic heterocycles. The van der Waals surface area contributed by atoms with E-state index in [0.717, 1.165) is 0 Å². The van der Waals surface area contributed by atoms with Crippen LogP contribution in [0, 0.1) is 10.1 Å². The van der Waals surface area contributed by atoms with Gasteiger partial charge in [0.05, 0.1) is 17.6 Å². The SMILES string of the molecule is CCOc1ccc(N2CC(N)CC2=O)c([N+](=O)[O-])c1. The van der Waals surface area contributed by atoms with E-state index in [1.165, 1.54) is 17.0 Å². The third-order valence-electron chi connectivity index (χ3n) is 2.90. The highest BCUT2D eigenvalue weighted by atomic mass is 16.6. The van der Waals surface area contributed by atoms with Gasteiger partial charge in [0.2, 0.25) is 5.91 Å². The van der Waals surface area contributed by atoms with Crippen molar-refractivity contribution in [3.05, 3.63) is 28.3 Å². The summed E-state index contributed by atoms with van der Waals surface area (Å²) in [4.78, 5) is 23.7. The van der Waals surface area contributed by atoms with Crippen molar-refractivity contribution in [2.24, 2.45) is 5.73 Å². The van der Waals surface area contributed by atoms with Gasteiger partial charge in [0, 0.05) is 19.0 Å². The molecule has 102 valence electrons. The van der Waals surface area contributed by atoms with Gasteiger partial charge < -0.3 is 15.4 Å². The zero-order chi connectivity index (χ0) is 14.0. The molecule has 0 spiro atoms. The molecule has 0 bridgehead atoms. The number of nitrogens with zero attached hydrogens (tertiary/aromatic N) is 2. The molecular weight excluding hydrogens is 250 g/mol. The maximum atomic E-state index is 11.8. The number of nitrogens with two attached hydrogens (primary N) is 1. The Labute approximate surface area is 110 Å². The number of nitro groups is 1. The highest BCUT2D eigenvalue weighted by molar-refractivity contribution is 5.98. The molecule has 2 rings (SSSR count). The number of nitro benzene ring substituents is 1. The Morgan fingerprint density at radius 2 is 2.32 bits per heavy atom. The first-order valence-electron chi connectivity index (χ1n) is 6.00. The van der Waals surface area contributed by atoms with E-state index in [-0.39, 0.29) is 29.7 Å². The van der Waals surface area contributed by atoms with Crippen LogP contribution < -0.4 is 15.4 Å². The largest absolute Gasteiger partial charge is 0.494 e. The van der Waals surface area contributed by atoms with Crippen molar-refractivity contribution in [3.8, 4) is 5.75 Å². The van der Waals surface area contributed by atoms with Crippen molar-refractivity contribution in [3.63, 3.8) is 0 Å². The van der Waals surface area contributed by atoms with E-state index < -0.39 is 4.92 Å². The van der Waals surface area contributed by atoms with Crippen LogP contribution in [-0.2, 0) is 4.79 Å². The van der Waals surface area contributed by atoms with Crippen LogP contribution in [0.3, 0.4) is 0 Å². The smallest absolute Gasteiger partial charge is 0.296 e. The van der Waals surface area contributed by atoms with Crippen molar-refractivity contribution in [2.45, 2.75) is 19.4 Å². The number of benzene rings is 1. The molecule has 1 aliphatic heterocycles. The normalized spacial score (nSPS) is 18.7. The second kappa shape index (κ2) is 5.23. The lowest BCUT2D eigenvalue weighted by molar-refractivity contribution is -0.384. The average Bonchev–Trinajstić information content (AvgIpc) is 2.68. The molecule has 1 aromatic carbocycles. The van der Waals surface area contributed by atoms with E-state index in [1.54, 1.807) is 13.0 Å². The van der Waals surface area contributed by atoms with Gasteiger partial charge in [0.25, 0.3) is 5.69 Å². The van der Waals surface area contributed by atoms with Crippen molar-refractivity contribution in [1.29, 1.82) is 0 Å². The molecule has 19 heavy (non-hydrogen) atoms.